The highest BCUT2D eigenvalue weighted by Crippen LogP contribution is 2.26. The van der Waals surface area contributed by atoms with E-state index in [9.17, 15) is 14.7 Å². The Balaban J connectivity index is 0.00000385. The maximum absolute atomic E-state index is 13.1. The van der Waals surface area contributed by atoms with Gasteiger partial charge in [-0.15, -0.1) is 10.2 Å². The lowest BCUT2D eigenvalue weighted by atomic mass is 9.97. The van der Waals surface area contributed by atoms with Gasteiger partial charge in [-0.1, -0.05) is 53.3 Å². The number of nitrogens with zero attached hydrogens (tertiary/aromatic N) is 3. The van der Waals surface area contributed by atoms with Crippen LogP contribution in [0.4, 0.5) is 0 Å². The van der Waals surface area contributed by atoms with Crippen LogP contribution in [-0.2, 0) is 9.59 Å². The van der Waals surface area contributed by atoms with Gasteiger partial charge >= 0.3 is 0 Å². The van der Waals surface area contributed by atoms with Crippen molar-refractivity contribution in [3.05, 3.63) is 36.2 Å². The fraction of sp³-hybridized carbons (Fsp3) is 0.583. The van der Waals surface area contributed by atoms with Crippen molar-refractivity contribution in [3.8, 4) is 11.5 Å². The van der Waals surface area contributed by atoms with E-state index in [1.807, 2.05) is 58.0 Å². The summed E-state index contributed by atoms with van der Waals surface area (Å²) in [6.45, 7) is 8.03. The average Bonchev–Trinajstić information content (AvgIpc) is 3.46. The molecule has 1 aromatic heterocycles. The predicted molar refractivity (Wildman–Crippen MR) is 126 cm³/mol. The molecule has 33 heavy (non-hydrogen) atoms. The molecule has 2 amide bonds. The first kappa shape index (κ1) is 26.5. The third-order valence-electron chi connectivity index (χ3n) is 5.92. The van der Waals surface area contributed by atoms with E-state index >= 15 is 0 Å². The first-order chi connectivity index (χ1) is 15.2. The normalized spacial score (nSPS) is 18.7. The Hall–Kier alpha value is -2.78. The van der Waals surface area contributed by atoms with Crippen LogP contribution in [0.15, 0.2) is 34.7 Å². The van der Waals surface area contributed by atoms with Gasteiger partial charge in [0.15, 0.2) is 6.10 Å². The van der Waals surface area contributed by atoms with Gasteiger partial charge in [0.05, 0.1) is 12.1 Å². The minimum atomic E-state index is -1.19. The summed E-state index contributed by atoms with van der Waals surface area (Å²) in [5.41, 5.74) is 6.78. The molecule has 2 heterocycles. The SMILES string of the molecule is C.CC(C)[C@H](NC(=O)[C@@H]1CCCN1C(=O)[C@@H](N)C(C)C)C(O)c1nnc(-c2ccccc2)o1. The number of nitrogens with one attached hydrogen (secondary N) is 1. The maximum atomic E-state index is 13.1. The summed E-state index contributed by atoms with van der Waals surface area (Å²) in [7, 11) is 0. The monoisotopic (exact) mass is 459 g/mol. The van der Waals surface area contributed by atoms with Crippen LogP contribution >= 0.6 is 0 Å². The molecule has 1 aliphatic heterocycles. The van der Waals surface area contributed by atoms with E-state index in [0.29, 0.717) is 18.9 Å². The molecule has 2 aromatic rings. The molecule has 0 spiro atoms. The Morgan fingerprint density at radius 1 is 1.15 bits per heavy atom. The van der Waals surface area contributed by atoms with Gasteiger partial charge in [-0.3, -0.25) is 9.59 Å². The highest BCUT2D eigenvalue weighted by molar-refractivity contribution is 5.90. The molecule has 1 unspecified atom stereocenters. The van der Waals surface area contributed by atoms with Crippen LogP contribution in [0, 0.1) is 11.8 Å². The van der Waals surface area contributed by atoms with Gasteiger partial charge < -0.3 is 25.5 Å². The number of benzene rings is 1. The Bertz CT molecular complexity index is 915. The smallest absolute Gasteiger partial charge is 0.247 e. The second kappa shape index (κ2) is 11.4. The average molecular weight is 460 g/mol. The Morgan fingerprint density at radius 3 is 2.42 bits per heavy atom. The van der Waals surface area contributed by atoms with Crippen molar-refractivity contribution in [1.82, 2.24) is 20.4 Å². The number of aliphatic hydroxyl groups is 1. The molecule has 1 fully saturated rings. The van der Waals surface area contributed by atoms with Crippen molar-refractivity contribution in [2.45, 2.75) is 72.2 Å². The number of carbonyl (C=O) groups excluding carboxylic acids is 2. The van der Waals surface area contributed by atoms with Gasteiger partial charge in [0.2, 0.25) is 23.6 Å². The molecular weight excluding hydrogens is 422 g/mol. The fourth-order valence-electron chi connectivity index (χ4n) is 3.86. The second-order valence-corrected chi connectivity index (χ2v) is 8.99. The third kappa shape index (κ3) is 5.97. The number of rotatable bonds is 8. The largest absolute Gasteiger partial charge is 0.418 e. The summed E-state index contributed by atoms with van der Waals surface area (Å²) in [6, 6.07) is 7.33. The van der Waals surface area contributed by atoms with Crippen LogP contribution in [0.25, 0.3) is 11.5 Å². The van der Waals surface area contributed by atoms with E-state index in [-0.39, 0.29) is 37.0 Å². The van der Waals surface area contributed by atoms with Crippen LogP contribution in [-0.4, -0.2) is 56.7 Å². The lowest BCUT2D eigenvalue weighted by Crippen LogP contribution is -2.55. The molecule has 4 atom stereocenters. The Labute approximate surface area is 195 Å². The summed E-state index contributed by atoms with van der Waals surface area (Å²) in [6.07, 6.45) is 0.0997. The molecule has 182 valence electrons. The van der Waals surface area contributed by atoms with Gasteiger partial charge in [0, 0.05) is 12.1 Å². The minimum Gasteiger partial charge on any atom is -0.418 e. The number of aliphatic hydroxyl groups excluding tert-OH is 1. The molecule has 0 radical (unpaired) electrons. The molecule has 9 heteroatoms. The van der Waals surface area contributed by atoms with Crippen LogP contribution in [0.2, 0.25) is 0 Å². The second-order valence-electron chi connectivity index (χ2n) is 8.99. The third-order valence-corrected chi connectivity index (χ3v) is 5.92. The number of nitrogens with two attached hydrogens (primary N) is 1. The molecule has 9 nitrogen and oxygen atoms in total. The van der Waals surface area contributed by atoms with Gasteiger partial charge in [-0.05, 0) is 36.8 Å². The van der Waals surface area contributed by atoms with Crippen molar-refractivity contribution in [1.29, 1.82) is 0 Å². The summed E-state index contributed by atoms with van der Waals surface area (Å²) >= 11 is 0. The van der Waals surface area contributed by atoms with Crippen molar-refractivity contribution in [3.63, 3.8) is 0 Å². The van der Waals surface area contributed by atoms with Gasteiger partial charge in [-0.2, -0.15) is 0 Å². The summed E-state index contributed by atoms with van der Waals surface area (Å²) < 4.78 is 5.68. The van der Waals surface area contributed by atoms with Gasteiger partial charge in [0.25, 0.3) is 0 Å². The molecular formula is C24H37N5O4. The van der Waals surface area contributed by atoms with Crippen LogP contribution in [0.1, 0.15) is 60.0 Å². The molecule has 1 aromatic carbocycles. The summed E-state index contributed by atoms with van der Waals surface area (Å²) in [5, 5.41) is 21.8. The number of likely N-dealkylation sites (tertiary alicyclic amines) is 1. The lowest BCUT2D eigenvalue weighted by molar-refractivity contribution is -0.140. The summed E-state index contributed by atoms with van der Waals surface area (Å²) in [5.74, 6) is -0.346. The van der Waals surface area contributed by atoms with Crippen molar-refractivity contribution >= 4 is 11.8 Å². The molecule has 3 rings (SSSR count). The van der Waals surface area contributed by atoms with Crippen LogP contribution in [0.5, 0.6) is 0 Å². The first-order valence-electron chi connectivity index (χ1n) is 11.1. The zero-order valence-electron chi connectivity index (χ0n) is 19.1. The number of hydrogen-bond acceptors (Lipinski definition) is 7. The van der Waals surface area contributed by atoms with E-state index in [1.165, 1.54) is 0 Å². The fourth-order valence-corrected chi connectivity index (χ4v) is 3.86. The first-order valence-corrected chi connectivity index (χ1v) is 11.1. The standard InChI is InChI=1S/C23H33N5O4.CH4/c1-13(2)17(24)23(31)28-12-8-11-16(28)20(30)25-18(14(3)4)19(29)22-27-26-21(32-22)15-9-6-5-7-10-15;/h5-7,9-10,13-14,16-19,29H,8,11-12,24H2,1-4H3,(H,25,30);1H4/t16-,17-,18-,19?;/m0./s1. The minimum absolute atomic E-state index is 0. The molecule has 0 saturated carbocycles. The highest BCUT2D eigenvalue weighted by atomic mass is 16.4. The van der Waals surface area contributed by atoms with E-state index < -0.39 is 24.2 Å². The molecule has 0 aliphatic carbocycles. The van der Waals surface area contributed by atoms with Gasteiger partial charge in [-0.25, -0.2) is 0 Å². The number of amides is 2. The Morgan fingerprint density at radius 2 is 1.82 bits per heavy atom. The quantitative estimate of drug-likeness (QED) is 0.552. The number of hydrogen-bond donors (Lipinski definition) is 3. The molecule has 1 aliphatic rings. The zero-order valence-corrected chi connectivity index (χ0v) is 19.1. The maximum Gasteiger partial charge on any atom is 0.247 e. The van der Waals surface area contributed by atoms with E-state index in [1.54, 1.807) is 4.90 Å². The predicted octanol–water partition coefficient (Wildman–Crippen LogP) is 2.52. The number of carbonyl (C=O) groups is 2. The Kier molecular flexibility index (Phi) is 9.13. The van der Waals surface area contributed by atoms with E-state index in [4.69, 9.17) is 10.2 Å². The van der Waals surface area contributed by atoms with Crippen LogP contribution in [0.3, 0.4) is 0 Å². The zero-order chi connectivity index (χ0) is 23.4. The van der Waals surface area contributed by atoms with Crippen molar-refractivity contribution in [2.75, 3.05) is 6.54 Å². The lowest BCUT2D eigenvalue weighted by Gasteiger charge is -2.31. The van der Waals surface area contributed by atoms with Crippen LogP contribution < -0.4 is 11.1 Å². The van der Waals surface area contributed by atoms with E-state index in [0.717, 1.165) is 12.0 Å². The van der Waals surface area contributed by atoms with E-state index in [2.05, 4.69) is 15.5 Å². The van der Waals surface area contributed by atoms with Crippen molar-refractivity contribution < 1.29 is 19.1 Å². The van der Waals surface area contributed by atoms with Gasteiger partial charge in [0.1, 0.15) is 6.04 Å². The highest BCUT2D eigenvalue weighted by Gasteiger charge is 2.39. The molecule has 1 saturated heterocycles. The molecule has 0 bridgehead atoms. The molecule has 4 N–H and O–H groups in total. The van der Waals surface area contributed by atoms with Crippen molar-refractivity contribution in [2.24, 2.45) is 17.6 Å². The topological polar surface area (TPSA) is 135 Å². The number of aromatic nitrogens is 2. The summed E-state index contributed by atoms with van der Waals surface area (Å²) in [4.78, 5) is 27.4.